The van der Waals surface area contributed by atoms with Crippen molar-refractivity contribution in [1.82, 2.24) is 0 Å². The molecule has 6 nitrogen and oxygen atoms in total. The van der Waals surface area contributed by atoms with E-state index in [1.807, 2.05) is 22.6 Å². The third kappa shape index (κ3) is 3.10. The van der Waals surface area contributed by atoms with E-state index in [9.17, 15) is 18.5 Å². The van der Waals surface area contributed by atoms with E-state index >= 15 is 0 Å². The third-order valence-corrected chi connectivity index (χ3v) is 5.42. The Hall–Kier alpha value is -0.900. The van der Waals surface area contributed by atoms with Gasteiger partial charge in [0.25, 0.3) is 5.69 Å². The van der Waals surface area contributed by atoms with Crippen molar-refractivity contribution < 1.29 is 13.3 Å². The molecule has 0 aromatic heterocycles. The third-order valence-electron chi connectivity index (χ3n) is 2.76. The summed E-state index contributed by atoms with van der Waals surface area (Å²) < 4.78 is 23.4. The van der Waals surface area contributed by atoms with Crippen molar-refractivity contribution in [2.75, 3.05) is 16.8 Å². The number of non-ortho nitro benzene ring substituents is 1. The van der Waals surface area contributed by atoms with Crippen LogP contribution in [0.4, 0.5) is 11.4 Å². The number of hydrogen-bond donors (Lipinski definition) is 1. The highest BCUT2D eigenvalue weighted by Crippen LogP contribution is 2.26. The van der Waals surface area contributed by atoms with E-state index in [-0.39, 0.29) is 23.2 Å². The van der Waals surface area contributed by atoms with Crippen LogP contribution in [-0.2, 0) is 9.84 Å². The number of nitrogens with zero attached hydrogens (tertiary/aromatic N) is 1. The molecule has 1 aliphatic rings. The molecule has 8 heteroatoms. The van der Waals surface area contributed by atoms with Gasteiger partial charge >= 0.3 is 0 Å². The van der Waals surface area contributed by atoms with Gasteiger partial charge in [-0.2, -0.15) is 0 Å². The topological polar surface area (TPSA) is 89.3 Å². The molecule has 1 heterocycles. The highest BCUT2D eigenvalue weighted by molar-refractivity contribution is 14.1. The second kappa shape index (κ2) is 5.00. The largest absolute Gasteiger partial charge is 0.380 e. The van der Waals surface area contributed by atoms with Gasteiger partial charge in [-0.1, -0.05) is 0 Å². The Kier molecular flexibility index (Phi) is 3.76. The van der Waals surface area contributed by atoms with Gasteiger partial charge in [0.2, 0.25) is 0 Å². The van der Waals surface area contributed by atoms with Crippen LogP contribution >= 0.6 is 22.6 Å². The Labute approximate surface area is 118 Å². The van der Waals surface area contributed by atoms with Gasteiger partial charge in [0.15, 0.2) is 9.84 Å². The van der Waals surface area contributed by atoms with Gasteiger partial charge in [0, 0.05) is 27.4 Å². The van der Waals surface area contributed by atoms with E-state index in [4.69, 9.17) is 0 Å². The molecule has 1 atom stereocenters. The Morgan fingerprint density at radius 2 is 2.17 bits per heavy atom. The second-order valence-corrected chi connectivity index (χ2v) is 7.56. The lowest BCUT2D eigenvalue weighted by atomic mass is 10.2. The Morgan fingerprint density at radius 1 is 1.44 bits per heavy atom. The number of nitrogens with one attached hydrogen (secondary N) is 1. The summed E-state index contributed by atoms with van der Waals surface area (Å²) >= 11 is 2.00. The minimum Gasteiger partial charge on any atom is -0.380 e. The standard InChI is InChI=1S/C10H11IN2O4S/c11-9-5-8(13(14)15)1-2-10(9)12-7-3-4-18(16,17)6-7/h1-2,5,7,12H,3-4,6H2. The summed E-state index contributed by atoms with van der Waals surface area (Å²) in [5, 5.41) is 13.7. The van der Waals surface area contributed by atoms with Crippen molar-refractivity contribution in [2.45, 2.75) is 12.5 Å². The molecule has 0 bridgehead atoms. The van der Waals surface area contributed by atoms with Crippen LogP contribution < -0.4 is 5.32 Å². The van der Waals surface area contributed by atoms with Crippen molar-refractivity contribution in [1.29, 1.82) is 0 Å². The molecule has 1 saturated heterocycles. The molecular weight excluding hydrogens is 371 g/mol. The van der Waals surface area contributed by atoms with Gasteiger partial charge in [-0.05, 0) is 35.1 Å². The average Bonchev–Trinajstić information content (AvgIpc) is 2.61. The molecule has 0 saturated carbocycles. The summed E-state index contributed by atoms with van der Waals surface area (Å²) in [6, 6.07) is 4.38. The summed E-state index contributed by atoms with van der Waals surface area (Å²) in [6.45, 7) is 0. The molecule has 0 spiro atoms. The monoisotopic (exact) mass is 382 g/mol. The molecule has 1 aromatic rings. The molecule has 1 aliphatic heterocycles. The van der Waals surface area contributed by atoms with E-state index in [0.29, 0.717) is 9.99 Å². The summed E-state index contributed by atoms with van der Waals surface area (Å²) in [7, 11) is -2.92. The summed E-state index contributed by atoms with van der Waals surface area (Å²) in [5.74, 6) is 0.328. The Morgan fingerprint density at radius 3 is 2.67 bits per heavy atom. The lowest BCUT2D eigenvalue weighted by Crippen LogP contribution is -2.21. The summed E-state index contributed by atoms with van der Waals surface area (Å²) in [4.78, 5) is 10.1. The lowest BCUT2D eigenvalue weighted by Gasteiger charge is -2.13. The molecule has 98 valence electrons. The van der Waals surface area contributed by atoms with Crippen LogP contribution in [0.5, 0.6) is 0 Å². The number of nitro groups is 1. The fourth-order valence-corrected chi connectivity index (χ4v) is 4.19. The van der Waals surface area contributed by atoms with E-state index in [0.717, 1.165) is 5.69 Å². The zero-order chi connectivity index (χ0) is 13.3. The van der Waals surface area contributed by atoms with Gasteiger partial charge in [-0.25, -0.2) is 8.42 Å². The highest BCUT2D eigenvalue weighted by Gasteiger charge is 2.28. The van der Waals surface area contributed by atoms with Crippen molar-refractivity contribution in [3.63, 3.8) is 0 Å². The maximum atomic E-state index is 11.3. The first-order chi connectivity index (χ1) is 8.37. The second-order valence-electron chi connectivity index (χ2n) is 4.17. The molecule has 1 aromatic carbocycles. The number of benzene rings is 1. The number of hydrogen-bond acceptors (Lipinski definition) is 5. The van der Waals surface area contributed by atoms with Gasteiger partial charge in [0.05, 0.1) is 16.4 Å². The van der Waals surface area contributed by atoms with Crippen molar-refractivity contribution in [3.8, 4) is 0 Å². The molecule has 0 amide bonds. The van der Waals surface area contributed by atoms with E-state index < -0.39 is 14.8 Å². The van der Waals surface area contributed by atoms with E-state index in [1.54, 1.807) is 6.07 Å². The molecule has 1 fully saturated rings. The maximum absolute atomic E-state index is 11.3. The average molecular weight is 382 g/mol. The fourth-order valence-electron chi connectivity index (χ4n) is 1.86. The summed E-state index contributed by atoms with van der Waals surface area (Å²) in [6.07, 6.45) is 0.579. The number of anilines is 1. The number of sulfone groups is 1. The zero-order valence-electron chi connectivity index (χ0n) is 9.30. The van der Waals surface area contributed by atoms with Crippen molar-refractivity contribution in [3.05, 3.63) is 31.9 Å². The molecule has 18 heavy (non-hydrogen) atoms. The predicted octanol–water partition coefficient (Wildman–Crippen LogP) is 1.80. The minimum atomic E-state index is -2.92. The van der Waals surface area contributed by atoms with Crippen LogP contribution in [0.1, 0.15) is 6.42 Å². The zero-order valence-corrected chi connectivity index (χ0v) is 12.3. The quantitative estimate of drug-likeness (QED) is 0.489. The van der Waals surface area contributed by atoms with Crippen molar-refractivity contribution >= 4 is 43.8 Å². The Bertz CT molecular complexity index is 588. The van der Waals surface area contributed by atoms with Crippen LogP contribution in [0.3, 0.4) is 0 Å². The Balaban J connectivity index is 2.13. The molecule has 2 rings (SSSR count). The van der Waals surface area contributed by atoms with E-state index in [1.165, 1.54) is 12.1 Å². The molecule has 0 aliphatic carbocycles. The van der Waals surface area contributed by atoms with Crippen LogP contribution in [0.25, 0.3) is 0 Å². The first-order valence-electron chi connectivity index (χ1n) is 5.28. The predicted molar refractivity (Wildman–Crippen MR) is 76.5 cm³/mol. The minimum absolute atomic E-state index is 0.0315. The van der Waals surface area contributed by atoms with Gasteiger partial charge in [-0.15, -0.1) is 0 Å². The van der Waals surface area contributed by atoms with E-state index in [2.05, 4.69) is 5.32 Å². The van der Waals surface area contributed by atoms with Gasteiger partial charge < -0.3 is 5.32 Å². The van der Waals surface area contributed by atoms with Gasteiger partial charge in [-0.3, -0.25) is 10.1 Å². The lowest BCUT2D eigenvalue weighted by molar-refractivity contribution is -0.384. The molecule has 1 N–H and O–H groups in total. The van der Waals surface area contributed by atoms with Crippen molar-refractivity contribution in [2.24, 2.45) is 0 Å². The van der Waals surface area contributed by atoms with Crippen LogP contribution in [0.15, 0.2) is 18.2 Å². The van der Waals surface area contributed by atoms with Gasteiger partial charge in [0.1, 0.15) is 0 Å². The normalized spacial score (nSPS) is 21.7. The summed E-state index contributed by atoms with van der Waals surface area (Å²) in [5.41, 5.74) is 0.771. The van der Waals surface area contributed by atoms with Crippen LogP contribution in [-0.4, -0.2) is 30.9 Å². The maximum Gasteiger partial charge on any atom is 0.270 e. The number of nitro benzene ring substituents is 1. The number of rotatable bonds is 3. The van der Waals surface area contributed by atoms with Crippen LogP contribution in [0, 0.1) is 13.7 Å². The highest BCUT2D eigenvalue weighted by atomic mass is 127. The first kappa shape index (κ1) is 13.5. The SMILES string of the molecule is O=[N+]([O-])c1ccc(NC2CCS(=O)(=O)C2)c(I)c1. The first-order valence-corrected chi connectivity index (χ1v) is 8.18. The molecule has 1 unspecified atom stereocenters. The number of halogens is 1. The molecule has 0 radical (unpaired) electrons. The van der Waals surface area contributed by atoms with Crippen LogP contribution in [0.2, 0.25) is 0 Å². The smallest absolute Gasteiger partial charge is 0.270 e. The fraction of sp³-hybridized carbons (Fsp3) is 0.400. The molecular formula is C10H11IN2O4S.